The van der Waals surface area contributed by atoms with Crippen LogP contribution in [0.1, 0.15) is 5.56 Å². The van der Waals surface area contributed by atoms with E-state index in [0.717, 1.165) is 6.54 Å². The molecule has 3 nitrogen and oxygen atoms in total. The summed E-state index contributed by atoms with van der Waals surface area (Å²) >= 11 is 1.82. The zero-order chi connectivity index (χ0) is 12.4. The highest BCUT2D eigenvalue weighted by Gasteiger charge is 2.30. The quantitative estimate of drug-likeness (QED) is 0.394. The molecule has 0 amide bonds. The van der Waals surface area contributed by atoms with E-state index in [1.165, 1.54) is 31.9 Å². The highest BCUT2D eigenvalue weighted by atomic mass is 32.1. The summed E-state index contributed by atoms with van der Waals surface area (Å²) in [5, 5.41) is 0. The van der Waals surface area contributed by atoms with Gasteiger partial charge in [-0.15, -0.1) is 0 Å². The van der Waals surface area contributed by atoms with Crippen molar-refractivity contribution in [3.8, 4) is 11.3 Å². The molecule has 0 atom stereocenters. The number of rotatable bonds is 0. The Morgan fingerprint density at radius 2 is 2.16 bits per heavy atom. The first-order valence-corrected chi connectivity index (χ1v) is 7.09. The molecule has 0 aliphatic carbocycles. The summed E-state index contributed by atoms with van der Waals surface area (Å²) in [6.07, 6.45) is 6.02. The fourth-order valence-electron chi connectivity index (χ4n) is 2.97. The van der Waals surface area contributed by atoms with Crippen molar-refractivity contribution < 1.29 is 4.57 Å². The largest absolute Gasteiger partial charge is 0.263 e. The fourth-order valence-corrected chi connectivity index (χ4v) is 4.13. The molecule has 0 unspecified atom stereocenters. The number of hydrogen-bond acceptors (Lipinski definition) is 2. The summed E-state index contributed by atoms with van der Waals surface area (Å²) < 4.78 is 5.87. The molecule has 4 heterocycles. The minimum absolute atomic E-state index is 0.979. The molecule has 0 fully saturated rings. The normalized spacial score (nSPS) is 13.1. The topological polar surface area (TPSA) is 21.2 Å². The van der Waals surface area contributed by atoms with E-state index >= 15 is 0 Å². The van der Waals surface area contributed by atoms with E-state index in [9.17, 15) is 0 Å². The molecular weight excluding hydrogens is 254 g/mol. The number of imidazole rings is 1. The van der Waals surface area contributed by atoms with Crippen LogP contribution in [-0.2, 0) is 6.54 Å². The van der Waals surface area contributed by atoms with Crippen molar-refractivity contribution in [1.29, 1.82) is 0 Å². The molecule has 4 aromatic rings. The Labute approximate surface area is 113 Å². The molecule has 4 heteroatoms. The van der Waals surface area contributed by atoms with Gasteiger partial charge in [0, 0.05) is 29.6 Å². The van der Waals surface area contributed by atoms with E-state index in [-0.39, 0.29) is 0 Å². The lowest BCUT2D eigenvalue weighted by Gasteiger charge is -1.92. The van der Waals surface area contributed by atoms with Gasteiger partial charge in [0.25, 0.3) is 6.33 Å². The van der Waals surface area contributed by atoms with Crippen LogP contribution in [0.15, 0.2) is 49.1 Å². The third-order valence-electron chi connectivity index (χ3n) is 3.81. The van der Waals surface area contributed by atoms with Crippen LogP contribution in [0.25, 0.3) is 26.3 Å². The second-order valence-electron chi connectivity index (χ2n) is 4.87. The lowest BCUT2D eigenvalue weighted by Crippen LogP contribution is -2.29. The highest BCUT2D eigenvalue weighted by molar-refractivity contribution is 7.24. The van der Waals surface area contributed by atoms with Crippen LogP contribution >= 0.6 is 11.3 Å². The van der Waals surface area contributed by atoms with E-state index in [1.807, 2.05) is 23.7 Å². The predicted octanol–water partition coefficient (Wildman–Crippen LogP) is 2.87. The molecule has 19 heavy (non-hydrogen) atoms. The first-order valence-electron chi connectivity index (χ1n) is 6.27. The van der Waals surface area contributed by atoms with Gasteiger partial charge in [0.05, 0.1) is 4.70 Å². The van der Waals surface area contributed by atoms with Gasteiger partial charge in [-0.2, -0.15) is 4.40 Å². The standard InChI is InChI=1S/C15H10N3S/c1-2-4-11-10(3-1)8-17-9-18-12-5-6-16-7-13(12)19-15(18)14(11)17/h1-7,9H,8H2/q+1. The second-order valence-corrected chi connectivity index (χ2v) is 5.90. The molecule has 0 spiro atoms. The lowest BCUT2D eigenvalue weighted by molar-refractivity contribution is -0.671. The zero-order valence-electron chi connectivity index (χ0n) is 10.1. The van der Waals surface area contributed by atoms with Crippen LogP contribution in [0.4, 0.5) is 0 Å². The number of pyridine rings is 1. The average Bonchev–Trinajstić information content (AvgIpc) is 3.05. The van der Waals surface area contributed by atoms with Gasteiger partial charge in [0.2, 0.25) is 4.83 Å². The minimum Gasteiger partial charge on any atom is -0.263 e. The van der Waals surface area contributed by atoms with E-state index in [2.05, 4.69) is 50.6 Å². The summed E-state index contributed by atoms with van der Waals surface area (Å²) in [5.41, 5.74) is 5.37. The Kier molecular flexibility index (Phi) is 1.64. The molecule has 0 N–H and O–H groups in total. The third-order valence-corrected chi connectivity index (χ3v) is 4.92. The molecule has 3 aromatic heterocycles. The van der Waals surface area contributed by atoms with Crippen molar-refractivity contribution in [3.05, 3.63) is 54.6 Å². The maximum Gasteiger partial charge on any atom is 0.251 e. The van der Waals surface area contributed by atoms with E-state index in [1.54, 1.807) is 0 Å². The van der Waals surface area contributed by atoms with Gasteiger partial charge in [-0.3, -0.25) is 4.98 Å². The molecule has 1 aliphatic rings. The van der Waals surface area contributed by atoms with Crippen LogP contribution < -0.4 is 4.57 Å². The van der Waals surface area contributed by atoms with Crippen LogP contribution in [0.3, 0.4) is 0 Å². The maximum atomic E-state index is 4.22. The number of hydrogen-bond donors (Lipinski definition) is 0. The van der Waals surface area contributed by atoms with Gasteiger partial charge >= 0.3 is 0 Å². The van der Waals surface area contributed by atoms with Gasteiger partial charge in [-0.25, -0.2) is 4.57 Å². The van der Waals surface area contributed by atoms with Gasteiger partial charge < -0.3 is 0 Å². The van der Waals surface area contributed by atoms with Crippen molar-refractivity contribution in [3.63, 3.8) is 0 Å². The van der Waals surface area contributed by atoms with Crippen molar-refractivity contribution in [2.24, 2.45) is 0 Å². The molecule has 0 radical (unpaired) electrons. The smallest absolute Gasteiger partial charge is 0.251 e. The Morgan fingerprint density at radius 3 is 3.16 bits per heavy atom. The van der Waals surface area contributed by atoms with Crippen LogP contribution in [0.2, 0.25) is 0 Å². The second kappa shape index (κ2) is 3.22. The lowest BCUT2D eigenvalue weighted by atomic mass is 10.1. The molecule has 90 valence electrons. The van der Waals surface area contributed by atoms with Crippen LogP contribution in [-0.4, -0.2) is 9.38 Å². The minimum atomic E-state index is 0.979. The zero-order valence-corrected chi connectivity index (χ0v) is 10.9. The van der Waals surface area contributed by atoms with Gasteiger partial charge in [0.1, 0.15) is 6.54 Å². The number of fused-ring (bicyclic) bond motifs is 7. The monoisotopic (exact) mass is 264 g/mol. The third kappa shape index (κ3) is 1.12. The average molecular weight is 264 g/mol. The van der Waals surface area contributed by atoms with Gasteiger partial charge in [0.15, 0.2) is 11.2 Å². The number of thiazole rings is 1. The fraction of sp³-hybridized carbons (Fsp3) is 0.0667. The SMILES string of the molecule is c1ccc2c(c1)C[n+]1cn3c(sc4cnccc43)c1-2. The Bertz CT molecular complexity index is 949. The number of benzene rings is 1. The summed E-state index contributed by atoms with van der Waals surface area (Å²) in [7, 11) is 0. The molecule has 5 rings (SSSR count). The molecule has 0 saturated heterocycles. The van der Waals surface area contributed by atoms with Crippen molar-refractivity contribution in [2.45, 2.75) is 6.54 Å². The first kappa shape index (κ1) is 9.69. The van der Waals surface area contributed by atoms with Crippen LogP contribution in [0.5, 0.6) is 0 Å². The Hall–Kier alpha value is -2.20. The maximum absolute atomic E-state index is 4.22. The van der Waals surface area contributed by atoms with E-state index in [0.29, 0.717) is 0 Å². The van der Waals surface area contributed by atoms with Crippen molar-refractivity contribution >= 4 is 26.4 Å². The van der Waals surface area contributed by atoms with Crippen molar-refractivity contribution in [1.82, 2.24) is 9.38 Å². The predicted molar refractivity (Wildman–Crippen MR) is 75.3 cm³/mol. The molecule has 1 aromatic carbocycles. The number of aromatic nitrogens is 3. The summed E-state index contributed by atoms with van der Waals surface area (Å²) in [6, 6.07) is 10.8. The highest BCUT2D eigenvalue weighted by Crippen LogP contribution is 2.36. The summed E-state index contributed by atoms with van der Waals surface area (Å²) in [6.45, 7) is 0.979. The van der Waals surface area contributed by atoms with E-state index < -0.39 is 0 Å². The summed E-state index contributed by atoms with van der Waals surface area (Å²) in [4.78, 5) is 5.53. The van der Waals surface area contributed by atoms with E-state index in [4.69, 9.17) is 0 Å². The van der Waals surface area contributed by atoms with Gasteiger partial charge in [-0.05, 0) is 0 Å². The molecule has 0 saturated carbocycles. The Balaban J connectivity index is 1.97. The molecule has 1 aliphatic heterocycles. The number of nitrogens with zero attached hydrogens (tertiary/aromatic N) is 3. The molecular formula is C15H10N3S+. The summed E-state index contributed by atoms with van der Waals surface area (Å²) in [5.74, 6) is 0. The first-order chi connectivity index (χ1) is 9.42. The molecule has 0 bridgehead atoms. The van der Waals surface area contributed by atoms with Crippen molar-refractivity contribution in [2.75, 3.05) is 0 Å². The van der Waals surface area contributed by atoms with Crippen LogP contribution in [0, 0.1) is 0 Å². The Morgan fingerprint density at radius 1 is 1.21 bits per heavy atom. The van der Waals surface area contributed by atoms with Gasteiger partial charge in [-0.1, -0.05) is 35.6 Å².